The van der Waals surface area contributed by atoms with Gasteiger partial charge in [0.2, 0.25) is 0 Å². The summed E-state index contributed by atoms with van der Waals surface area (Å²) >= 11 is 0. The molecular formula is C45H94N2. The van der Waals surface area contributed by atoms with Crippen LogP contribution in [0, 0.1) is 11.8 Å². The summed E-state index contributed by atoms with van der Waals surface area (Å²) in [4.78, 5) is 0. The fourth-order valence-electron chi connectivity index (χ4n) is 3.12. The Morgan fingerprint density at radius 3 is 1.53 bits per heavy atom. The van der Waals surface area contributed by atoms with E-state index >= 15 is 0 Å². The van der Waals surface area contributed by atoms with Crippen molar-refractivity contribution in [1.29, 1.82) is 0 Å². The highest BCUT2D eigenvalue weighted by Gasteiger charge is 2.15. The molecule has 0 bridgehead atoms. The Hall–Kier alpha value is -2.06. The Balaban J connectivity index is -0.0000000658. The second-order valence-corrected chi connectivity index (χ2v) is 11.3. The van der Waals surface area contributed by atoms with Crippen LogP contribution in [-0.4, -0.2) is 20.1 Å². The predicted octanol–water partition coefficient (Wildman–Crippen LogP) is 15.6. The van der Waals surface area contributed by atoms with E-state index in [1.165, 1.54) is 81.1 Å². The quantitative estimate of drug-likeness (QED) is 0.127. The van der Waals surface area contributed by atoms with Gasteiger partial charge in [-0.1, -0.05) is 170 Å². The van der Waals surface area contributed by atoms with E-state index in [9.17, 15) is 0 Å². The summed E-state index contributed by atoms with van der Waals surface area (Å²) in [5, 5.41) is 6.39. The van der Waals surface area contributed by atoms with E-state index in [2.05, 4.69) is 131 Å². The first-order valence-electron chi connectivity index (χ1n) is 19.1. The molecule has 1 atom stereocenters. The Kier molecular flexibility index (Phi) is 89.8. The lowest BCUT2D eigenvalue weighted by molar-refractivity contribution is 0.576. The summed E-state index contributed by atoms with van der Waals surface area (Å²) in [7, 11) is 1.90. The van der Waals surface area contributed by atoms with Gasteiger partial charge in [-0.15, -0.1) is 26.3 Å². The minimum Gasteiger partial charge on any atom is -0.392 e. The van der Waals surface area contributed by atoms with Crippen molar-refractivity contribution in [3.63, 3.8) is 0 Å². The molecular weight excluding hydrogens is 569 g/mol. The van der Waals surface area contributed by atoms with Crippen LogP contribution in [-0.2, 0) is 0 Å². The second-order valence-electron chi connectivity index (χ2n) is 11.3. The molecule has 0 aromatic carbocycles. The molecule has 0 aromatic rings. The molecule has 0 aliphatic heterocycles. The number of unbranched alkanes of at least 4 members (excludes halogenated alkanes) is 4. The monoisotopic (exact) mass is 663 g/mol. The van der Waals surface area contributed by atoms with Crippen LogP contribution in [0.1, 0.15) is 174 Å². The third-order valence-corrected chi connectivity index (χ3v) is 5.83. The van der Waals surface area contributed by atoms with E-state index in [0.717, 1.165) is 31.0 Å². The average Bonchev–Trinajstić information content (AvgIpc) is 3.82. The minimum absolute atomic E-state index is 0.602. The Morgan fingerprint density at radius 2 is 1.28 bits per heavy atom. The topological polar surface area (TPSA) is 24.1 Å². The van der Waals surface area contributed by atoms with Crippen LogP contribution in [0.15, 0.2) is 86.2 Å². The minimum atomic E-state index is 0.602. The molecule has 0 spiro atoms. The van der Waals surface area contributed by atoms with Crippen molar-refractivity contribution in [2.75, 3.05) is 20.1 Å². The molecule has 1 aliphatic rings. The van der Waals surface area contributed by atoms with E-state index in [1.54, 1.807) is 6.08 Å². The van der Waals surface area contributed by atoms with Gasteiger partial charge in [-0.2, -0.15) is 0 Å². The lowest BCUT2D eigenvalue weighted by atomic mass is 10.1. The van der Waals surface area contributed by atoms with Crippen molar-refractivity contribution in [3.8, 4) is 0 Å². The third-order valence-electron chi connectivity index (χ3n) is 5.83. The van der Waals surface area contributed by atoms with Gasteiger partial charge in [0, 0.05) is 19.3 Å². The SMILES string of the molecule is C/C=C/CNCCCCCCC.C=C.C=C(C)C1=C(C)C1.C=CC.C=CC(C)CCC(=C)NC.CC.CC.CCC.CCCC(C)C. The fraction of sp³-hybridized carbons (Fsp3) is 0.689. The van der Waals surface area contributed by atoms with Gasteiger partial charge < -0.3 is 10.6 Å². The van der Waals surface area contributed by atoms with Crippen molar-refractivity contribution in [3.05, 3.63) is 86.2 Å². The van der Waals surface area contributed by atoms with Crippen LogP contribution in [0.2, 0.25) is 0 Å². The molecule has 1 unspecified atom stereocenters. The predicted molar refractivity (Wildman–Crippen MR) is 231 cm³/mol. The van der Waals surface area contributed by atoms with E-state index in [0.29, 0.717) is 5.92 Å². The van der Waals surface area contributed by atoms with Crippen LogP contribution in [0.3, 0.4) is 0 Å². The summed E-state index contributed by atoms with van der Waals surface area (Å²) in [5.74, 6) is 1.50. The summed E-state index contributed by atoms with van der Waals surface area (Å²) in [5.41, 5.74) is 5.36. The van der Waals surface area contributed by atoms with Gasteiger partial charge in [0.1, 0.15) is 0 Å². The molecule has 2 heteroatoms. The molecule has 0 saturated carbocycles. The number of allylic oxidation sites excluding steroid dienone is 7. The summed E-state index contributed by atoms with van der Waals surface area (Å²) in [6.45, 7) is 54.5. The van der Waals surface area contributed by atoms with Crippen LogP contribution in [0.4, 0.5) is 0 Å². The van der Waals surface area contributed by atoms with Crippen LogP contribution >= 0.6 is 0 Å². The molecule has 0 fully saturated rings. The molecule has 0 radical (unpaired) electrons. The Morgan fingerprint density at radius 1 is 0.830 bits per heavy atom. The van der Waals surface area contributed by atoms with Crippen molar-refractivity contribution in [1.82, 2.24) is 10.6 Å². The summed E-state index contributed by atoms with van der Waals surface area (Å²) in [6.07, 6.45) is 22.2. The van der Waals surface area contributed by atoms with Crippen molar-refractivity contribution < 1.29 is 0 Å². The molecule has 1 rings (SSSR count). The van der Waals surface area contributed by atoms with E-state index < -0.39 is 0 Å². The van der Waals surface area contributed by atoms with E-state index in [-0.39, 0.29) is 0 Å². The maximum Gasteiger partial charge on any atom is 0.0134 e. The number of nitrogens with one attached hydrogen (secondary N) is 2. The van der Waals surface area contributed by atoms with Gasteiger partial charge >= 0.3 is 0 Å². The van der Waals surface area contributed by atoms with Crippen LogP contribution in [0.25, 0.3) is 0 Å². The molecule has 47 heavy (non-hydrogen) atoms. The third kappa shape index (κ3) is 92.3. The van der Waals surface area contributed by atoms with Gasteiger partial charge in [0.15, 0.2) is 0 Å². The fourth-order valence-corrected chi connectivity index (χ4v) is 3.12. The van der Waals surface area contributed by atoms with Gasteiger partial charge in [0.25, 0.3) is 0 Å². The molecule has 2 nitrogen and oxygen atoms in total. The standard InChI is InChI=1S/C11H23N.C9H17N.C7H10.C6H14.C3H8.C3H6.2C2H6.C2H4/c1-3-5-7-8-9-11-12-10-6-4-2;1-5-8(2)6-7-9(3)10-4;1-5(2)7-4-6(7)3;1-4-5-6(2)3;2*1-3-2;3*1-2/h4,6,12H,3,5,7-11H2,1-2H3;5,8,10H,1,3,6-7H2,2,4H3;1,4H2,2-3H3;6H,4-5H2,1-3H3;3H2,1-2H3;3H,1H2,2H3;2*1-2H3;1-2H2/b6-4+;;;;;;;;. The normalized spacial score (nSPS) is 10.3. The maximum atomic E-state index is 3.83. The highest BCUT2D eigenvalue weighted by Crippen LogP contribution is 2.34. The largest absolute Gasteiger partial charge is 0.392 e. The lowest BCUT2D eigenvalue weighted by Gasteiger charge is -2.06. The zero-order chi connectivity index (χ0) is 38.9. The zero-order valence-electron chi connectivity index (χ0n) is 35.9. The zero-order valence-corrected chi connectivity index (χ0v) is 35.9. The first-order valence-corrected chi connectivity index (χ1v) is 19.1. The molecule has 0 amide bonds. The van der Waals surface area contributed by atoms with Crippen LogP contribution in [0.5, 0.6) is 0 Å². The van der Waals surface area contributed by atoms with E-state index in [1.807, 2.05) is 47.7 Å². The highest BCUT2D eigenvalue weighted by molar-refractivity contribution is 5.46. The van der Waals surface area contributed by atoms with Crippen molar-refractivity contribution >= 4 is 0 Å². The number of rotatable bonds is 16. The highest BCUT2D eigenvalue weighted by atomic mass is 14.8. The van der Waals surface area contributed by atoms with E-state index in [4.69, 9.17) is 0 Å². The molecule has 2 N–H and O–H groups in total. The maximum absolute atomic E-state index is 3.83. The Labute approximate surface area is 302 Å². The molecule has 0 aromatic heterocycles. The molecule has 284 valence electrons. The smallest absolute Gasteiger partial charge is 0.0134 e. The van der Waals surface area contributed by atoms with Gasteiger partial charge in [-0.25, -0.2) is 0 Å². The second kappa shape index (κ2) is 66.4. The van der Waals surface area contributed by atoms with Crippen LogP contribution < -0.4 is 10.6 Å². The first kappa shape index (κ1) is 63.6. The molecule has 1 aliphatic carbocycles. The summed E-state index contributed by atoms with van der Waals surface area (Å²) < 4.78 is 0. The van der Waals surface area contributed by atoms with Crippen molar-refractivity contribution in [2.24, 2.45) is 11.8 Å². The van der Waals surface area contributed by atoms with Crippen molar-refractivity contribution in [2.45, 2.75) is 174 Å². The Bertz CT molecular complexity index is 631. The average molecular weight is 663 g/mol. The van der Waals surface area contributed by atoms with Gasteiger partial charge in [-0.3, -0.25) is 0 Å². The number of hydrogen-bond donors (Lipinski definition) is 2. The van der Waals surface area contributed by atoms with Gasteiger partial charge in [0.05, 0.1) is 0 Å². The molecule has 0 saturated heterocycles. The first-order chi connectivity index (χ1) is 22.4. The molecule has 0 heterocycles. The summed E-state index contributed by atoms with van der Waals surface area (Å²) in [6, 6.07) is 0. The number of hydrogen-bond acceptors (Lipinski definition) is 2. The lowest BCUT2D eigenvalue weighted by Crippen LogP contribution is -2.14. The van der Waals surface area contributed by atoms with Gasteiger partial charge in [-0.05, 0) is 77.3 Å².